The first-order valence-electron chi connectivity index (χ1n) is 3.94. The molecule has 0 aliphatic rings. The lowest BCUT2D eigenvalue weighted by Gasteiger charge is -1.99. The lowest BCUT2D eigenvalue weighted by atomic mass is 10.1. The molecule has 0 aliphatic carbocycles. The van der Waals surface area contributed by atoms with E-state index in [1.165, 1.54) is 0 Å². The maximum Gasteiger partial charge on any atom is 0.134 e. The molecule has 2 rings (SSSR count). The number of phenols is 1. The summed E-state index contributed by atoms with van der Waals surface area (Å²) < 4.78 is 5.13. The predicted octanol–water partition coefficient (Wildman–Crippen LogP) is 1.88. The quantitative estimate of drug-likeness (QED) is 0.710. The van der Waals surface area contributed by atoms with Crippen molar-refractivity contribution < 1.29 is 14.3 Å². The Bertz CT molecular complexity index is 442. The Hall–Kier alpha value is -1.77. The van der Waals surface area contributed by atoms with Crippen molar-refractivity contribution in [3.63, 3.8) is 0 Å². The third-order valence-corrected chi connectivity index (χ3v) is 1.96. The van der Waals surface area contributed by atoms with Crippen molar-refractivity contribution in [2.24, 2.45) is 0 Å². The van der Waals surface area contributed by atoms with Crippen LogP contribution in [0.25, 0.3) is 11.0 Å². The molecule has 2 aromatic rings. The van der Waals surface area contributed by atoms with Gasteiger partial charge in [-0.05, 0) is 18.2 Å². The van der Waals surface area contributed by atoms with Gasteiger partial charge < -0.3 is 14.3 Å². The van der Waals surface area contributed by atoms with Crippen LogP contribution in [-0.2, 0) is 11.2 Å². The Morgan fingerprint density at radius 1 is 1.46 bits per heavy atom. The number of carbonyl (C=O) groups is 1. The minimum absolute atomic E-state index is 0.140. The van der Waals surface area contributed by atoms with Crippen LogP contribution >= 0.6 is 0 Å². The first kappa shape index (κ1) is 7.86. The molecule has 1 N–H and O–H groups in total. The number of carbonyl (C=O) groups excluding carboxylic acids is 1. The van der Waals surface area contributed by atoms with Gasteiger partial charge in [0.1, 0.15) is 17.6 Å². The van der Waals surface area contributed by atoms with Gasteiger partial charge >= 0.3 is 0 Å². The summed E-state index contributed by atoms with van der Waals surface area (Å²) in [4.78, 5) is 10.3. The van der Waals surface area contributed by atoms with E-state index in [1.807, 2.05) is 0 Å². The van der Waals surface area contributed by atoms with Crippen LogP contribution in [0.3, 0.4) is 0 Å². The zero-order valence-corrected chi connectivity index (χ0v) is 6.86. The topological polar surface area (TPSA) is 50.4 Å². The molecule has 0 spiro atoms. The van der Waals surface area contributed by atoms with Crippen LogP contribution in [0.1, 0.15) is 5.56 Å². The van der Waals surface area contributed by atoms with Crippen molar-refractivity contribution in [1.82, 2.24) is 0 Å². The van der Waals surface area contributed by atoms with Crippen molar-refractivity contribution in [1.29, 1.82) is 0 Å². The minimum Gasteiger partial charge on any atom is -0.508 e. The largest absolute Gasteiger partial charge is 0.508 e. The van der Waals surface area contributed by atoms with Crippen molar-refractivity contribution >= 4 is 17.3 Å². The van der Waals surface area contributed by atoms with E-state index in [1.54, 1.807) is 24.5 Å². The molecule has 0 unspecified atom stereocenters. The van der Waals surface area contributed by atoms with Crippen LogP contribution < -0.4 is 0 Å². The number of aromatic hydroxyl groups is 1. The minimum atomic E-state index is 0.140. The van der Waals surface area contributed by atoms with Gasteiger partial charge in [-0.15, -0.1) is 0 Å². The molecule has 0 fully saturated rings. The molecule has 3 heteroatoms. The maximum atomic E-state index is 10.3. The summed E-state index contributed by atoms with van der Waals surface area (Å²) in [6, 6.07) is 5.04. The lowest BCUT2D eigenvalue weighted by Crippen LogP contribution is -1.85. The van der Waals surface area contributed by atoms with Crippen molar-refractivity contribution in [3.8, 4) is 5.75 Å². The van der Waals surface area contributed by atoms with Gasteiger partial charge in [-0.3, -0.25) is 0 Å². The summed E-state index contributed by atoms with van der Waals surface area (Å²) in [6.45, 7) is 0. The van der Waals surface area contributed by atoms with Gasteiger partial charge in [0.2, 0.25) is 0 Å². The Morgan fingerprint density at radius 3 is 3.08 bits per heavy atom. The first-order chi connectivity index (χ1) is 6.31. The number of hydrogen-bond acceptors (Lipinski definition) is 3. The second kappa shape index (κ2) is 2.94. The Kier molecular flexibility index (Phi) is 1.77. The fraction of sp³-hybridized carbons (Fsp3) is 0.100. The van der Waals surface area contributed by atoms with Gasteiger partial charge in [-0.1, -0.05) is 0 Å². The second-order valence-electron chi connectivity index (χ2n) is 2.81. The molecule has 1 heterocycles. The number of phenolic OH excluding ortho intramolecular Hbond substituents is 1. The predicted molar refractivity (Wildman–Crippen MR) is 47.6 cm³/mol. The number of benzene rings is 1. The van der Waals surface area contributed by atoms with Crippen molar-refractivity contribution in [2.45, 2.75) is 6.42 Å². The highest BCUT2D eigenvalue weighted by Gasteiger charge is 2.04. The molecular weight excluding hydrogens is 168 g/mol. The van der Waals surface area contributed by atoms with E-state index >= 15 is 0 Å². The fourth-order valence-corrected chi connectivity index (χ4v) is 1.29. The van der Waals surface area contributed by atoms with E-state index in [4.69, 9.17) is 4.42 Å². The molecule has 0 aliphatic heterocycles. The standard InChI is InChI=1S/C10H8O3/c11-3-1-7-6-10-8(2-4-13-10)5-9(7)12/h2-6,12H,1H2. The highest BCUT2D eigenvalue weighted by atomic mass is 16.3. The van der Waals surface area contributed by atoms with Gasteiger partial charge in [-0.25, -0.2) is 0 Å². The van der Waals surface area contributed by atoms with Gasteiger partial charge in [0.15, 0.2) is 0 Å². The summed E-state index contributed by atoms with van der Waals surface area (Å²) in [5.74, 6) is 0.140. The fourth-order valence-electron chi connectivity index (χ4n) is 1.29. The van der Waals surface area contributed by atoms with Gasteiger partial charge in [0.05, 0.1) is 6.26 Å². The molecule has 1 aromatic heterocycles. The molecule has 66 valence electrons. The van der Waals surface area contributed by atoms with E-state index in [0.717, 1.165) is 11.7 Å². The SMILES string of the molecule is O=CCc1cc2occc2cc1O. The number of aldehydes is 1. The first-order valence-corrected chi connectivity index (χ1v) is 3.94. The summed E-state index contributed by atoms with van der Waals surface area (Å²) in [5, 5.41) is 10.3. The summed E-state index contributed by atoms with van der Waals surface area (Å²) >= 11 is 0. The molecule has 0 bridgehead atoms. The Labute approximate surface area is 74.6 Å². The van der Waals surface area contributed by atoms with Crippen LogP contribution in [0.15, 0.2) is 28.9 Å². The van der Waals surface area contributed by atoms with Crippen LogP contribution in [0.2, 0.25) is 0 Å². The summed E-state index contributed by atoms with van der Waals surface area (Å²) in [6.07, 6.45) is 2.51. The zero-order chi connectivity index (χ0) is 9.26. The van der Waals surface area contributed by atoms with Crippen LogP contribution in [0, 0.1) is 0 Å². The molecule has 0 atom stereocenters. The van der Waals surface area contributed by atoms with Gasteiger partial charge in [-0.2, -0.15) is 0 Å². The average Bonchev–Trinajstić information content (AvgIpc) is 2.52. The third-order valence-electron chi connectivity index (χ3n) is 1.96. The monoisotopic (exact) mass is 176 g/mol. The molecule has 0 saturated carbocycles. The normalized spacial score (nSPS) is 10.5. The second-order valence-corrected chi connectivity index (χ2v) is 2.81. The number of hydrogen-bond donors (Lipinski definition) is 1. The van der Waals surface area contributed by atoms with Crippen molar-refractivity contribution in [2.75, 3.05) is 0 Å². The molecule has 1 aromatic carbocycles. The number of furan rings is 1. The molecular formula is C10H8O3. The van der Waals surface area contributed by atoms with Gasteiger partial charge in [0, 0.05) is 17.4 Å². The molecule has 3 nitrogen and oxygen atoms in total. The van der Waals surface area contributed by atoms with Crippen LogP contribution in [0.4, 0.5) is 0 Å². The smallest absolute Gasteiger partial charge is 0.134 e. The van der Waals surface area contributed by atoms with E-state index in [0.29, 0.717) is 11.1 Å². The molecule has 0 saturated heterocycles. The summed E-state index contributed by atoms with van der Waals surface area (Å²) in [5.41, 5.74) is 1.28. The van der Waals surface area contributed by atoms with Crippen LogP contribution in [-0.4, -0.2) is 11.4 Å². The number of fused-ring (bicyclic) bond motifs is 1. The Morgan fingerprint density at radius 2 is 2.31 bits per heavy atom. The Balaban J connectivity index is 2.62. The highest BCUT2D eigenvalue weighted by Crippen LogP contribution is 2.25. The van der Waals surface area contributed by atoms with Crippen LogP contribution in [0.5, 0.6) is 5.75 Å². The summed E-state index contributed by atoms with van der Waals surface area (Å²) in [7, 11) is 0. The molecule has 0 radical (unpaired) electrons. The third kappa shape index (κ3) is 1.28. The van der Waals surface area contributed by atoms with Crippen molar-refractivity contribution in [3.05, 3.63) is 30.0 Å². The maximum absolute atomic E-state index is 10.3. The van der Waals surface area contributed by atoms with Gasteiger partial charge in [0.25, 0.3) is 0 Å². The van der Waals surface area contributed by atoms with E-state index in [9.17, 15) is 9.90 Å². The highest BCUT2D eigenvalue weighted by molar-refractivity contribution is 5.80. The number of rotatable bonds is 2. The average molecular weight is 176 g/mol. The lowest BCUT2D eigenvalue weighted by molar-refractivity contribution is -0.107. The van der Waals surface area contributed by atoms with E-state index < -0.39 is 0 Å². The molecule has 13 heavy (non-hydrogen) atoms. The van der Waals surface area contributed by atoms with E-state index in [-0.39, 0.29) is 12.2 Å². The molecule has 0 amide bonds. The zero-order valence-electron chi connectivity index (χ0n) is 6.86. The van der Waals surface area contributed by atoms with E-state index in [2.05, 4.69) is 0 Å².